The summed E-state index contributed by atoms with van der Waals surface area (Å²) in [4.78, 5) is 24.5. The highest BCUT2D eigenvalue weighted by molar-refractivity contribution is 5.76. The third kappa shape index (κ3) is 57.5. The van der Waals surface area contributed by atoms with Crippen LogP contribution in [0, 0.1) is 0 Å². The minimum Gasteiger partial charge on any atom is -0.466 e. The quantitative estimate of drug-likeness (QED) is 0.0320. The maximum absolute atomic E-state index is 12.5. The molecule has 2 unspecified atom stereocenters. The summed E-state index contributed by atoms with van der Waals surface area (Å²) < 4.78 is 5.48. The number of unbranched alkanes of at least 4 members (excludes halogenated alkanes) is 47. The van der Waals surface area contributed by atoms with Gasteiger partial charge in [-0.2, -0.15) is 0 Å². The summed E-state index contributed by atoms with van der Waals surface area (Å²) >= 11 is 0. The number of amides is 1. The van der Waals surface area contributed by atoms with Crippen molar-refractivity contribution >= 4 is 11.9 Å². The molecule has 3 N–H and O–H groups in total. The first kappa shape index (κ1) is 69.3. The molecule has 0 aliphatic carbocycles. The van der Waals surface area contributed by atoms with E-state index in [0.29, 0.717) is 19.4 Å². The van der Waals surface area contributed by atoms with Crippen LogP contribution in [0.5, 0.6) is 0 Å². The monoisotopic (exact) mass is 1000 g/mol. The number of aliphatic hydroxyl groups excluding tert-OH is 2. The number of ether oxygens (including phenoxy) is 1. The molecule has 71 heavy (non-hydrogen) atoms. The van der Waals surface area contributed by atoms with Crippen LogP contribution in [-0.2, 0) is 14.3 Å². The Bertz CT molecular complexity index is 1110. The first-order valence-corrected chi connectivity index (χ1v) is 32.1. The van der Waals surface area contributed by atoms with Gasteiger partial charge in [0, 0.05) is 12.8 Å². The number of hydrogen-bond acceptors (Lipinski definition) is 5. The highest BCUT2D eigenvalue weighted by Gasteiger charge is 2.18. The van der Waals surface area contributed by atoms with Gasteiger partial charge in [-0.15, -0.1) is 0 Å². The van der Waals surface area contributed by atoms with Crippen molar-refractivity contribution in [2.24, 2.45) is 0 Å². The summed E-state index contributed by atoms with van der Waals surface area (Å²) in [7, 11) is 0. The van der Waals surface area contributed by atoms with Gasteiger partial charge in [0.2, 0.25) is 5.91 Å². The summed E-state index contributed by atoms with van der Waals surface area (Å²) in [6.07, 6.45) is 75.1. The Hall–Kier alpha value is -1.66. The minimum atomic E-state index is -0.845. The van der Waals surface area contributed by atoms with Crippen LogP contribution >= 0.6 is 0 Å². The average molecular weight is 1000 g/mol. The second-order valence-electron chi connectivity index (χ2n) is 22.1. The van der Waals surface area contributed by atoms with Crippen molar-refractivity contribution in [3.63, 3.8) is 0 Å². The van der Waals surface area contributed by atoms with Gasteiger partial charge in [0.1, 0.15) is 0 Å². The number of rotatable bonds is 60. The van der Waals surface area contributed by atoms with Crippen LogP contribution in [0.15, 0.2) is 24.3 Å². The zero-order chi connectivity index (χ0) is 51.4. The van der Waals surface area contributed by atoms with E-state index in [0.717, 1.165) is 44.9 Å². The standard InChI is InChI=1S/C65H125NO5/c1-3-5-7-9-11-13-15-17-19-20-27-30-33-37-41-45-49-53-57-63(68)62(61-67)66-64(69)58-54-50-46-42-38-34-31-28-25-23-21-22-24-26-29-32-36-40-44-48-52-56-60-71-65(70)59-55-51-47-43-39-35-18-16-14-12-10-8-6-4-2/h16,18,53,57,62-63,67-68H,3-15,17,19-52,54-56,58-61H2,1-2H3,(H,66,69)/b18-16-,57-53+. The van der Waals surface area contributed by atoms with Crippen molar-refractivity contribution in [1.29, 1.82) is 0 Å². The van der Waals surface area contributed by atoms with Crippen LogP contribution < -0.4 is 5.32 Å². The Kier molecular flexibility index (Phi) is 59.5. The number of carbonyl (C=O) groups excluding carboxylic acids is 2. The fraction of sp³-hybridized carbons (Fsp3) is 0.908. The van der Waals surface area contributed by atoms with Crippen LogP contribution in [0.1, 0.15) is 354 Å². The molecule has 0 aromatic carbocycles. The van der Waals surface area contributed by atoms with E-state index in [1.807, 2.05) is 6.08 Å². The molecule has 0 spiro atoms. The van der Waals surface area contributed by atoms with Crippen molar-refractivity contribution in [3.8, 4) is 0 Å². The lowest BCUT2D eigenvalue weighted by molar-refractivity contribution is -0.143. The number of carbonyl (C=O) groups is 2. The number of hydrogen-bond donors (Lipinski definition) is 3. The lowest BCUT2D eigenvalue weighted by Crippen LogP contribution is -2.45. The molecule has 420 valence electrons. The predicted molar refractivity (Wildman–Crippen MR) is 310 cm³/mol. The van der Waals surface area contributed by atoms with Crippen LogP contribution in [-0.4, -0.2) is 47.4 Å². The largest absolute Gasteiger partial charge is 0.466 e. The Morgan fingerprint density at radius 2 is 0.662 bits per heavy atom. The van der Waals surface area contributed by atoms with Crippen LogP contribution in [0.2, 0.25) is 0 Å². The number of aliphatic hydroxyl groups is 2. The molecule has 2 atom stereocenters. The maximum atomic E-state index is 12.5. The zero-order valence-corrected chi connectivity index (χ0v) is 48.0. The zero-order valence-electron chi connectivity index (χ0n) is 48.0. The van der Waals surface area contributed by atoms with Gasteiger partial charge in [-0.05, 0) is 57.8 Å². The smallest absolute Gasteiger partial charge is 0.305 e. The van der Waals surface area contributed by atoms with E-state index < -0.39 is 12.1 Å². The van der Waals surface area contributed by atoms with Gasteiger partial charge in [0.25, 0.3) is 0 Å². The van der Waals surface area contributed by atoms with Crippen molar-refractivity contribution in [3.05, 3.63) is 24.3 Å². The number of nitrogens with one attached hydrogen (secondary N) is 1. The second kappa shape index (κ2) is 60.9. The highest BCUT2D eigenvalue weighted by atomic mass is 16.5. The highest BCUT2D eigenvalue weighted by Crippen LogP contribution is 2.18. The molecule has 0 aliphatic heterocycles. The van der Waals surface area contributed by atoms with E-state index in [-0.39, 0.29) is 18.5 Å². The first-order valence-electron chi connectivity index (χ1n) is 32.1. The molecule has 0 saturated carbocycles. The lowest BCUT2D eigenvalue weighted by atomic mass is 10.0. The van der Waals surface area contributed by atoms with Gasteiger partial charge in [-0.1, -0.05) is 308 Å². The third-order valence-corrected chi connectivity index (χ3v) is 15.0. The normalized spacial score (nSPS) is 12.7. The van der Waals surface area contributed by atoms with E-state index in [4.69, 9.17) is 4.74 Å². The predicted octanol–water partition coefficient (Wildman–Crippen LogP) is 20.2. The Morgan fingerprint density at radius 1 is 0.380 bits per heavy atom. The molecule has 0 bridgehead atoms. The minimum absolute atomic E-state index is 0.00462. The van der Waals surface area contributed by atoms with E-state index in [1.165, 1.54) is 283 Å². The topological polar surface area (TPSA) is 95.9 Å². The summed E-state index contributed by atoms with van der Waals surface area (Å²) in [5.74, 6) is -0.0608. The molecule has 0 aromatic rings. The van der Waals surface area contributed by atoms with Gasteiger partial charge >= 0.3 is 5.97 Å². The van der Waals surface area contributed by atoms with Crippen LogP contribution in [0.3, 0.4) is 0 Å². The van der Waals surface area contributed by atoms with Gasteiger partial charge in [0.15, 0.2) is 0 Å². The van der Waals surface area contributed by atoms with E-state index in [1.54, 1.807) is 6.08 Å². The Labute approximate surface area is 443 Å². The first-order chi connectivity index (χ1) is 35.0. The molecule has 6 heteroatoms. The molecule has 1 amide bonds. The lowest BCUT2D eigenvalue weighted by Gasteiger charge is -2.20. The molecule has 0 heterocycles. The molecular formula is C65H125NO5. The van der Waals surface area contributed by atoms with E-state index in [2.05, 4.69) is 31.3 Å². The Morgan fingerprint density at radius 3 is 1.00 bits per heavy atom. The third-order valence-electron chi connectivity index (χ3n) is 15.0. The maximum Gasteiger partial charge on any atom is 0.305 e. The molecule has 0 fully saturated rings. The summed E-state index contributed by atoms with van der Waals surface area (Å²) in [6, 6.07) is -0.628. The van der Waals surface area contributed by atoms with Crippen LogP contribution in [0.25, 0.3) is 0 Å². The Balaban J connectivity index is 3.41. The van der Waals surface area contributed by atoms with E-state index >= 15 is 0 Å². The summed E-state index contributed by atoms with van der Waals surface area (Å²) in [5, 5.41) is 23.2. The van der Waals surface area contributed by atoms with Gasteiger partial charge in [-0.3, -0.25) is 9.59 Å². The van der Waals surface area contributed by atoms with E-state index in [9.17, 15) is 19.8 Å². The fourth-order valence-corrected chi connectivity index (χ4v) is 10.0. The van der Waals surface area contributed by atoms with Crippen molar-refractivity contribution in [1.82, 2.24) is 5.32 Å². The van der Waals surface area contributed by atoms with Gasteiger partial charge in [0.05, 0.1) is 25.4 Å². The fourth-order valence-electron chi connectivity index (χ4n) is 10.0. The second-order valence-corrected chi connectivity index (χ2v) is 22.1. The molecule has 0 saturated heterocycles. The SMILES string of the molecule is CCCCCCC/C=C\CCCCCCCC(=O)OCCCCCCCCCCCCCCCCCCCCCCCCC(=O)NC(CO)C(O)/C=C/CCCCCCCCCCCCCCCCCC. The number of esters is 1. The van der Waals surface area contributed by atoms with Crippen LogP contribution in [0.4, 0.5) is 0 Å². The molecule has 0 rings (SSSR count). The van der Waals surface area contributed by atoms with Crippen molar-refractivity contribution < 1.29 is 24.5 Å². The van der Waals surface area contributed by atoms with Crippen molar-refractivity contribution in [2.45, 2.75) is 366 Å². The number of allylic oxidation sites excluding steroid dienone is 3. The molecule has 0 aliphatic rings. The summed E-state index contributed by atoms with van der Waals surface area (Å²) in [5.41, 5.74) is 0. The molecule has 0 aromatic heterocycles. The molecule has 6 nitrogen and oxygen atoms in total. The van der Waals surface area contributed by atoms with Gasteiger partial charge < -0.3 is 20.3 Å². The van der Waals surface area contributed by atoms with Crippen molar-refractivity contribution in [2.75, 3.05) is 13.2 Å². The van der Waals surface area contributed by atoms with Gasteiger partial charge in [-0.25, -0.2) is 0 Å². The molecule has 0 radical (unpaired) electrons. The molecular weight excluding hydrogens is 875 g/mol. The average Bonchev–Trinajstić information content (AvgIpc) is 3.37. The summed E-state index contributed by atoms with van der Waals surface area (Å²) in [6.45, 7) is 4.92.